The highest BCUT2D eigenvalue weighted by atomic mass is 35.5. The predicted molar refractivity (Wildman–Crippen MR) is 78.3 cm³/mol. The molecule has 0 saturated carbocycles. The molecule has 2 aromatic heterocycles. The molecule has 0 aromatic carbocycles. The summed E-state index contributed by atoms with van der Waals surface area (Å²) in [4.78, 5) is 0. The highest BCUT2D eigenvalue weighted by molar-refractivity contribution is 6.30. The van der Waals surface area contributed by atoms with E-state index in [2.05, 4.69) is 35.8 Å². The minimum atomic E-state index is 0.0757. The SMILES string of the molecule is Cc1nn(C)c(Cl)c1Cn1ccc(C(N)C(C)C)c1. The van der Waals surface area contributed by atoms with Crippen LogP contribution in [-0.2, 0) is 13.6 Å². The third-order valence-electron chi connectivity index (χ3n) is 3.49. The lowest BCUT2D eigenvalue weighted by molar-refractivity contribution is 0.513. The van der Waals surface area contributed by atoms with E-state index in [0.717, 1.165) is 23.4 Å². The molecule has 0 amide bonds. The van der Waals surface area contributed by atoms with Crippen LogP contribution in [0.5, 0.6) is 0 Å². The quantitative estimate of drug-likeness (QED) is 0.936. The van der Waals surface area contributed by atoms with Crippen LogP contribution < -0.4 is 5.73 Å². The maximum Gasteiger partial charge on any atom is 0.131 e. The minimum absolute atomic E-state index is 0.0757. The molecule has 0 bridgehead atoms. The van der Waals surface area contributed by atoms with Gasteiger partial charge in [0.1, 0.15) is 5.15 Å². The van der Waals surface area contributed by atoms with Gasteiger partial charge in [-0.3, -0.25) is 4.68 Å². The topological polar surface area (TPSA) is 48.8 Å². The van der Waals surface area contributed by atoms with Crippen molar-refractivity contribution in [2.45, 2.75) is 33.4 Å². The van der Waals surface area contributed by atoms with E-state index in [9.17, 15) is 0 Å². The van der Waals surface area contributed by atoms with Crippen molar-refractivity contribution in [3.63, 3.8) is 0 Å². The number of aromatic nitrogens is 3. The van der Waals surface area contributed by atoms with Crippen molar-refractivity contribution in [1.82, 2.24) is 14.3 Å². The van der Waals surface area contributed by atoms with Gasteiger partial charge in [-0.25, -0.2) is 0 Å². The maximum atomic E-state index is 6.25. The Balaban J connectivity index is 2.20. The van der Waals surface area contributed by atoms with E-state index < -0.39 is 0 Å². The van der Waals surface area contributed by atoms with Crippen LogP contribution in [0.4, 0.5) is 0 Å². The zero-order valence-corrected chi connectivity index (χ0v) is 12.6. The first kappa shape index (κ1) is 14.2. The molecule has 104 valence electrons. The Morgan fingerprint density at radius 2 is 2.11 bits per heavy atom. The van der Waals surface area contributed by atoms with Gasteiger partial charge in [-0.2, -0.15) is 5.10 Å². The van der Waals surface area contributed by atoms with Gasteiger partial charge in [0.15, 0.2) is 0 Å². The van der Waals surface area contributed by atoms with Crippen LogP contribution >= 0.6 is 11.6 Å². The molecule has 19 heavy (non-hydrogen) atoms. The van der Waals surface area contributed by atoms with Gasteiger partial charge in [-0.05, 0) is 24.5 Å². The molecule has 0 aliphatic heterocycles. The second-order valence-electron chi connectivity index (χ2n) is 5.37. The van der Waals surface area contributed by atoms with Gasteiger partial charge in [-0.1, -0.05) is 25.4 Å². The molecular formula is C14H21ClN4. The minimum Gasteiger partial charge on any atom is -0.349 e. The van der Waals surface area contributed by atoms with E-state index in [-0.39, 0.29) is 6.04 Å². The summed E-state index contributed by atoms with van der Waals surface area (Å²) in [5.41, 5.74) is 9.34. The zero-order valence-electron chi connectivity index (χ0n) is 11.9. The van der Waals surface area contributed by atoms with Crippen LogP contribution in [0, 0.1) is 12.8 Å². The van der Waals surface area contributed by atoms with Crippen LogP contribution in [0.1, 0.15) is 36.7 Å². The highest BCUT2D eigenvalue weighted by Crippen LogP contribution is 2.22. The number of aryl methyl sites for hydroxylation is 2. The molecule has 2 heterocycles. The Morgan fingerprint density at radius 3 is 2.63 bits per heavy atom. The monoisotopic (exact) mass is 280 g/mol. The summed E-state index contributed by atoms with van der Waals surface area (Å²) in [6.45, 7) is 6.96. The Kier molecular flexibility index (Phi) is 4.02. The van der Waals surface area contributed by atoms with Gasteiger partial charge in [0.05, 0.1) is 12.2 Å². The van der Waals surface area contributed by atoms with Crippen molar-refractivity contribution in [1.29, 1.82) is 0 Å². The molecule has 0 aliphatic rings. The van der Waals surface area contributed by atoms with Crippen LogP contribution in [0.15, 0.2) is 18.5 Å². The van der Waals surface area contributed by atoms with Crippen LogP contribution in [0.3, 0.4) is 0 Å². The first-order chi connectivity index (χ1) is 8.90. The largest absolute Gasteiger partial charge is 0.349 e. The maximum absolute atomic E-state index is 6.25. The summed E-state index contributed by atoms with van der Waals surface area (Å²) in [5.74, 6) is 0.430. The van der Waals surface area contributed by atoms with Crippen molar-refractivity contribution < 1.29 is 0 Å². The van der Waals surface area contributed by atoms with Gasteiger partial charge < -0.3 is 10.3 Å². The molecule has 0 radical (unpaired) electrons. The summed E-state index contributed by atoms with van der Waals surface area (Å²) in [6, 6.07) is 2.15. The number of halogens is 1. The van der Waals surface area contributed by atoms with E-state index in [0.29, 0.717) is 11.1 Å². The predicted octanol–water partition coefficient (Wildman–Crippen LogP) is 2.89. The molecule has 0 saturated heterocycles. The summed E-state index contributed by atoms with van der Waals surface area (Å²) < 4.78 is 3.81. The Bertz CT molecular complexity index is 568. The lowest BCUT2D eigenvalue weighted by Crippen LogP contribution is -2.15. The standard InChI is InChI=1S/C14H21ClN4/c1-9(2)13(16)11-5-6-19(7-11)8-12-10(3)17-18(4)14(12)15/h5-7,9,13H,8,16H2,1-4H3. The average Bonchev–Trinajstić information content (AvgIpc) is 2.90. The molecule has 1 unspecified atom stereocenters. The van der Waals surface area contributed by atoms with Crippen molar-refractivity contribution in [2.75, 3.05) is 0 Å². The van der Waals surface area contributed by atoms with Gasteiger partial charge in [0.25, 0.3) is 0 Å². The Labute approximate surface area is 119 Å². The summed E-state index contributed by atoms with van der Waals surface area (Å²) in [6.07, 6.45) is 4.13. The lowest BCUT2D eigenvalue weighted by atomic mass is 10.00. The normalized spacial score (nSPS) is 13.2. The fraction of sp³-hybridized carbons (Fsp3) is 0.500. The van der Waals surface area contributed by atoms with E-state index in [4.69, 9.17) is 17.3 Å². The number of hydrogen-bond acceptors (Lipinski definition) is 2. The molecule has 2 aromatic rings. The van der Waals surface area contributed by atoms with Crippen molar-refractivity contribution in [3.05, 3.63) is 40.4 Å². The summed E-state index contributed by atoms with van der Waals surface area (Å²) in [5, 5.41) is 5.02. The number of rotatable bonds is 4. The number of nitrogens with two attached hydrogens (primary N) is 1. The first-order valence-electron chi connectivity index (χ1n) is 6.49. The highest BCUT2D eigenvalue weighted by Gasteiger charge is 2.14. The Hall–Kier alpha value is -1.26. The van der Waals surface area contributed by atoms with Gasteiger partial charge in [-0.15, -0.1) is 0 Å². The third-order valence-corrected chi connectivity index (χ3v) is 3.96. The fourth-order valence-corrected chi connectivity index (χ4v) is 2.41. The van der Waals surface area contributed by atoms with Crippen molar-refractivity contribution >= 4 is 11.6 Å². The molecule has 0 fully saturated rings. The second kappa shape index (κ2) is 5.39. The molecule has 4 nitrogen and oxygen atoms in total. The molecule has 2 N–H and O–H groups in total. The van der Waals surface area contributed by atoms with Gasteiger partial charge in [0.2, 0.25) is 0 Å². The summed E-state index contributed by atoms with van der Waals surface area (Å²) >= 11 is 6.25. The van der Waals surface area contributed by atoms with Crippen molar-refractivity contribution in [3.8, 4) is 0 Å². The van der Waals surface area contributed by atoms with Gasteiger partial charge in [0, 0.05) is 31.0 Å². The smallest absolute Gasteiger partial charge is 0.131 e. The molecule has 2 rings (SSSR count). The third kappa shape index (κ3) is 2.85. The van der Waals surface area contributed by atoms with E-state index in [1.807, 2.05) is 20.2 Å². The molecular weight excluding hydrogens is 260 g/mol. The first-order valence-corrected chi connectivity index (χ1v) is 6.87. The van der Waals surface area contributed by atoms with Gasteiger partial charge >= 0.3 is 0 Å². The van der Waals surface area contributed by atoms with Crippen molar-refractivity contribution in [2.24, 2.45) is 18.7 Å². The van der Waals surface area contributed by atoms with E-state index >= 15 is 0 Å². The molecule has 0 aliphatic carbocycles. The summed E-state index contributed by atoms with van der Waals surface area (Å²) in [7, 11) is 1.86. The van der Waals surface area contributed by atoms with Crippen LogP contribution in [0.2, 0.25) is 5.15 Å². The van der Waals surface area contributed by atoms with Crippen LogP contribution in [0.25, 0.3) is 0 Å². The number of nitrogens with zero attached hydrogens (tertiary/aromatic N) is 3. The molecule has 5 heteroatoms. The Morgan fingerprint density at radius 1 is 1.42 bits per heavy atom. The van der Waals surface area contributed by atoms with E-state index in [1.165, 1.54) is 0 Å². The van der Waals surface area contributed by atoms with E-state index in [1.54, 1.807) is 4.68 Å². The zero-order chi connectivity index (χ0) is 14.2. The molecule has 1 atom stereocenters. The molecule has 0 spiro atoms. The number of hydrogen-bond donors (Lipinski definition) is 1. The lowest BCUT2D eigenvalue weighted by Gasteiger charge is -2.13. The second-order valence-corrected chi connectivity index (χ2v) is 5.72. The van der Waals surface area contributed by atoms with Crippen LogP contribution in [-0.4, -0.2) is 14.3 Å². The fourth-order valence-electron chi connectivity index (χ4n) is 2.18. The average molecular weight is 281 g/mol.